The van der Waals surface area contributed by atoms with Crippen molar-refractivity contribution in [1.29, 1.82) is 0 Å². The van der Waals surface area contributed by atoms with Gasteiger partial charge >= 0.3 is 5.97 Å². The Bertz CT molecular complexity index is 520. The molecule has 1 aliphatic rings. The summed E-state index contributed by atoms with van der Waals surface area (Å²) in [4.78, 5) is 25.3. The smallest absolute Gasteiger partial charge is 0.308 e. The maximum Gasteiger partial charge on any atom is 0.308 e. The van der Waals surface area contributed by atoms with E-state index in [2.05, 4.69) is 5.32 Å². The number of benzene rings is 1. The fourth-order valence-corrected chi connectivity index (χ4v) is 2.12. The predicted octanol–water partition coefficient (Wildman–Crippen LogP) is 2.18. The molecule has 0 aromatic heterocycles. The van der Waals surface area contributed by atoms with Gasteiger partial charge in [0.15, 0.2) is 0 Å². The van der Waals surface area contributed by atoms with Gasteiger partial charge in [-0.3, -0.25) is 9.59 Å². The second-order valence-electron chi connectivity index (χ2n) is 5.82. The van der Waals surface area contributed by atoms with E-state index in [0.717, 1.165) is 11.4 Å². The summed E-state index contributed by atoms with van der Waals surface area (Å²) >= 11 is 0. The van der Waals surface area contributed by atoms with Crippen molar-refractivity contribution in [2.45, 2.75) is 32.8 Å². The first-order valence-corrected chi connectivity index (χ1v) is 6.71. The van der Waals surface area contributed by atoms with E-state index < -0.39 is 5.60 Å². The molecule has 0 radical (unpaired) electrons. The van der Waals surface area contributed by atoms with Crippen molar-refractivity contribution < 1.29 is 14.3 Å². The zero-order valence-corrected chi connectivity index (χ0v) is 12.1. The summed E-state index contributed by atoms with van der Waals surface area (Å²) in [5.74, 6) is -0.311. The summed E-state index contributed by atoms with van der Waals surface area (Å²) in [5.41, 5.74) is 1.25. The Morgan fingerprint density at radius 1 is 1.35 bits per heavy atom. The Labute approximate surface area is 118 Å². The number of carbonyl (C=O) groups excluding carboxylic acids is 2. The van der Waals surface area contributed by atoms with Crippen LogP contribution in [0, 0.1) is 0 Å². The standard InChI is InChI=1S/C15H20N2O3/c1-15(2,3)20-14(19)8-9-17-10-13(18)16-11-6-4-5-7-12(11)17/h4-7H,8-10H2,1-3H3,(H,16,18). The minimum Gasteiger partial charge on any atom is -0.460 e. The third-order valence-electron chi connectivity index (χ3n) is 2.86. The van der Waals surface area contributed by atoms with Gasteiger partial charge in [0.2, 0.25) is 5.91 Å². The fourth-order valence-electron chi connectivity index (χ4n) is 2.12. The fraction of sp³-hybridized carbons (Fsp3) is 0.467. The van der Waals surface area contributed by atoms with E-state index in [1.165, 1.54) is 0 Å². The summed E-state index contributed by atoms with van der Waals surface area (Å²) in [5, 5.41) is 2.82. The molecular formula is C15H20N2O3. The largest absolute Gasteiger partial charge is 0.460 e. The van der Waals surface area contributed by atoms with Crippen molar-refractivity contribution in [3.8, 4) is 0 Å². The summed E-state index contributed by atoms with van der Waals surface area (Å²) in [6, 6.07) is 7.57. The van der Waals surface area contributed by atoms with Crippen molar-refractivity contribution >= 4 is 23.3 Å². The lowest BCUT2D eigenvalue weighted by atomic mass is 10.1. The first-order valence-electron chi connectivity index (χ1n) is 6.71. The lowest BCUT2D eigenvalue weighted by Crippen LogP contribution is -2.39. The average Bonchev–Trinajstić information content (AvgIpc) is 2.33. The number of para-hydroxylation sites is 2. The van der Waals surface area contributed by atoms with Crippen LogP contribution in [0.4, 0.5) is 11.4 Å². The SMILES string of the molecule is CC(C)(C)OC(=O)CCN1CC(=O)Nc2ccccc21. The number of fused-ring (bicyclic) bond motifs is 1. The van der Waals surface area contributed by atoms with Gasteiger partial charge in [-0.2, -0.15) is 0 Å². The lowest BCUT2D eigenvalue weighted by Gasteiger charge is -2.30. The molecule has 0 saturated heterocycles. The van der Waals surface area contributed by atoms with Crippen molar-refractivity contribution in [3.05, 3.63) is 24.3 Å². The minimum atomic E-state index is -0.478. The number of amides is 1. The number of carbonyl (C=O) groups is 2. The number of rotatable bonds is 3. The molecular weight excluding hydrogens is 256 g/mol. The molecule has 1 amide bonds. The van der Waals surface area contributed by atoms with Crippen molar-refractivity contribution in [2.75, 3.05) is 23.3 Å². The third kappa shape index (κ3) is 3.73. The van der Waals surface area contributed by atoms with Crippen LogP contribution in [0.25, 0.3) is 0 Å². The second kappa shape index (κ2) is 5.53. The molecule has 1 N–H and O–H groups in total. The number of hydrogen-bond acceptors (Lipinski definition) is 4. The Hall–Kier alpha value is -2.04. The molecule has 1 heterocycles. The van der Waals surface area contributed by atoms with E-state index in [-0.39, 0.29) is 24.8 Å². The topological polar surface area (TPSA) is 58.6 Å². The molecule has 5 heteroatoms. The van der Waals surface area contributed by atoms with E-state index >= 15 is 0 Å². The Morgan fingerprint density at radius 3 is 2.75 bits per heavy atom. The highest BCUT2D eigenvalue weighted by atomic mass is 16.6. The highest BCUT2D eigenvalue weighted by Gasteiger charge is 2.23. The van der Waals surface area contributed by atoms with Crippen molar-refractivity contribution in [3.63, 3.8) is 0 Å². The monoisotopic (exact) mass is 276 g/mol. The van der Waals surface area contributed by atoms with Crippen molar-refractivity contribution in [1.82, 2.24) is 0 Å². The van der Waals surface area contributed by atoms with Crippen LogP contribution in [0.3, 0.4) is 0 Å². The van der Waals surface area contributed by atoms with E-state index in [9.17, 15) is 9.59 Å². The maximum absolute atomic E-state index is 11.7. The Balaban J connectivity index is 2.00. The van der Waals surface area contributed by atoms with E-state index in [0.29, 0.717) is 6.54 Å². The van der Waals surface area contributed by atoms with Crippen LogP contribution in [0.1, 0.15) is 27.2 Å². The first-order chi connectivity index (χ1) is 9.35. The van der Waals surface area contributed by atoms with Gasteiger partial charge in [0.25, 0.3) is 0 Å². The first kappa shape index (κ1) is 14.4. The highest BCUT2D eigenvalue weighted by molar-refractivity contribution is 6.01. The summed E-state index contributed by atoms with van der Waals surface area (Å²) in [6.45, 7) is 6.26. The van der Waals surface area contributed by atoms with Crippen LogP contribution in [-0.2, 0) is 14.3 Å². The van der Waals surface area contributed by atoms with Gasteiger partial charge in [0, 0.05) is 6.54 Å². The van der Waals surface area contributed by atoms with Gasteiger partial charge in [-0.05, 0) is 32.9 Å². The maximum atomic E-state index is 11.7. The number of esters is 1. The van der Waals surface area contributed by atoms with Gasteiger partial charge in [0.1, 0.15) is 5.60 Å². The van der Waals surface area contributed by atoms with E-state index in [1.807, 2.05) is 49.9 Å². The molecule has 0 fully saturated rings. The normalized spacial score (nSPS) is 14.6. The minimum absolute atomic E-state index is 0.0621. The molecule has 0 unspecified atom stereocenters. The second-order valence-corrected chi connectivity index (χ2v) is 5.82. The molecule has 1 aliphatic heterocycles. The number of nitrogens with zero attached hydrogens (tertiary/aromatic N) is 1. The lowest BCUT2D eigenvalue weighted by molar-refractivity contribution is -0.154. The highest BCUT2D eigenvalue weighted by Crippen LogP contribution is 2.28. The van der Waals surface area contributed by atoms with Crippen LogP contribution in [0.15, 0.2) is 24.3 Å². The predicted molar refractivity (Wildman–Crippen MR) is 77.7 cm³/mol. The molecule has 108 valence electrons. The molecule has 2 rings (SSSR count). The van der Waals surface area contributed by atoms with Crippen LogP contribution < -0.4 is 10.2 Å². The summed E-state index contributed by atoms with van der Waals surface area (Å²) in [6.07, 6.45) is 0.263. The van der Waals surface area contributed by atoms with Gasteiger partial charge in [0.05, 0.1) is 24.3 Å². The molecule has 0 atom stereocenters. The van der Waals surface area contributed by atoms with Gasteiger partial charge in [-0.1, -0.05) is 12.1 Å². The Morgan fingerprint density at radius 2 is 2.05 bits per heavy atom. The van der Waals surface area contributed by atoms with Gasteiger partial charge in [-0.25, -0.2) is 0 Å². The molecule has 0 bridgehead atoms. The van der Waals surface area contributed by atoms with Crippen LogP contribution in [0.2, 0.25) is 0 Å². The molecule has 1 aromatic carbocycles. The van der Waals surface area contributed by atoms with Crippen LogP contribution >= 0.6 is 0 Å². The van der Waals surface area contributed by atoms with E-state index in [1.54, 1.807) is 0 Å². The molecule has 0 spiro atoms. The van der Waals surface area contributed by atoms with E-state index in [4.69, 9.17) is 4.74 Å². The third-order valence-corrected chi connectivity index (χ3v) is 2.86. The van der Waals surface area contributed by atoms with Gasteiger partial charge < -0.3 is 15.0 Å². The number of hydrogen-bond donors (Lipinski definition) is 1. The quantitative estimate of drug-likeness (QED) is 0.860. The molecule has 0 aliphatic carbocycles. The van der Waals surface area contributed by atoms with Crippen LogP contribution in [-0.4, -0.2) is 30.6 Å². The van der Waals surface area contributed by atoms with Crippen LogP contribution in [0.5, 0.6) is 0 Å². The summed E-state index contributed by atoms with van der Waals surface area (Å²) in [7, 11) is 0. The molecule has 1 aromatic rings. The summed E-state index contributed by atoms with van der Waals surface area (Å²) < 4.78 is 5.28. The van der Waals surface area contributed by atoms with Crippen molar-refractivity contribution in [2.24, 2.45) is 0 Å². The molecule has 5 nitrogen and oxygen atoms in total. The number of ether oxygens (including phenoxy) is 1. The van der Waals surface area contributed by atoms with Gasteiger partial charge in [-0.15, -0.1) is 0 Å². The number of anilines is 2. The zero-order valence-electron chi connectivity index (χ0n) is 12.1. The average molecular weight is 276 g/mol. The number of nitrogens with one attached hydrogen (secondary N) is 1. The Kier molecular flexibility index (Phi) is 3.97. The molecule has 0 saturated carbocycles. The molecule has 20 heavy (non-hydrogen) atoms. The zero-order chi connectivity index (χ0) is 14.8.